The van der Waals surface area contributed by atoms with Crippen molar-refractivity contribution in [2.75, 3.05) is 19.9 Å². The SMILES string of the molecule is Cc1cnc(C(=O)N2CCC3NNC(c4ccc5c(c4)OCO5)C3C2)cn1. The Morgan fingerprint density at radius 1 is 1.19 bits per heavy atom. The Hall–Kier alpha value is -2.71. The molecule has 1 aromatic carbocycles. The Morgan fingerprint density at radius 3 is 2.93 bits per heavy atom. The predicted molar refractivity (Wildman–Crippen MR) is 96.1 cm³/mol. The number of nitrogens with zero attached hydrogens (tertiary/aromatic N) is 3. The van der Waals surface area contributed by atoms with Gasteiger partial charge < -0.3 is 14.4 Å². The van der Waals surface area contributed by atoms with Gasteiger partial charge in [0.25, 0.3) is 5.91 Å². The molecule has 3 unspecified atom stereocenters. The van der Waals surface area contributed by atoms with Gasteiger partial charge in [0.05, 0.1) is 17.9 Å². The summed E-state index contributed by atoms with van der Waals surface area (Å²) in [5, 5.41) is 0. The van der Waals surface area contributed by atoms with Gasteiger partial charge in [-0.2, -0.15) is 0 Å². The van der Waals surface area contributed by atoms with Crippen molar-refractivity contribution in [2.45, 2.75) is 25.4 Å². The summed E-state index contributed by atoms with van der Waals surface area (Å²) >= 11 is 0. The number of likely N-dealkylation sites (tertiary alicyclic amines) is 1. The maximum atomic E-state index is 12.8. The summed E-state index contributed by atoms with van der Waals surface area (Å²) in [6.45, 7) is 3.50. The van der Waals surface area contributed by atoms with Crippen LogP contribution in [-0.4, -0.2) is 46.7 Å². The van der Waals surface area contributed by atoms with Crippen LogP contribution in [0.5, 0.6) is 11.5 Å². The summed E-state index contributed by atoms with van der Waals surface area (Å²) in [6.07, 6.45) is 4.09. The third-order valence-corrected chi connectivity index (χ3v) is 5.55. The van der Waals surface area contributed by atoms with Crippen molar-refractivity contribution < 1.29 is 14.3 Å². The molecule has 2 aromatic rings. The average molecular weight is 367 g/mol. The molecule has 2 N–H and O–H groups in total. The third kappa shape index (κ3) is 2.90. The fourth-order valence-corrected chi connectivity index (χ4v) is 4.09. The van der Waals surface area contributed by atoms with Gasteiger partial charge in [-0.15, -0.1) is 0 Å². The monoisotopic (exact) mass is 367 g/mol. The molecule has 3 atom stereocenters. The summed E-state index contributed by atoms with van der Waals surface area (Å²) in [6, 6.07) is 6.45. The molecule has 1 aromatic heterocycles. The van der Waals surface area contributed by atoms with Crippen molar-refractivity contribution >= 4 is 5.91 Å². The molecule has 8 heteroatoms. The topological polar surface area (TPSA) is 88.6 Å². The number of hydrogen-bond donors (Lipinski definition) is 2. The molecule has 2 fully saturated rings. The number of carbonyl (C=O) groups is 1. The molecule has 0 radical (unpaired) electrons. The minimum Gasteiger partial charge on any atom is -0.454 e. The molecule has 3 aliphatic heterocycles. The first-order valence-electron chi connectivity index (χ1n) is 9.17. The van der Waals surface area contributed by atoms with Crippen molar-refractivity contribution in [3.63, 3.8) is 0 Å². The largest absolute Gasteiger partial charge is 0.454 e. The van der Waals surface area contributed by atoms with Crippen molar-refractivity contribution in [1.29, 1.82) is 0 Å². The number of nitrogens with one attached hydrogen (secondary N) is 2. The van der Waals surface area contributed by atoms with Crippen LogP contribution in [0.1, 0.15) is 34.2 Å². The van der Waals surface area contributed by atoms with E-state index >= 15 is 0 Å². The van der Waals surface area contributed by atoms with E-state index in [2.05, 4.69) is 26.9 Å². The van der Waals surface area contributed by atoms with Gasteiger partial charge in [-0.3, -0.25) is 15.2 Å². The highest BCUT2D eigenvalue weighted by Gasteiger charge is 2.42. The zero-order valence-electron chi connectivity index (χ0n) is 15.0. The molecule has 0 bridgehead atoms. The Morgan fingerprint density at radius 2 is 2.07 bits per heavy atom. The highest BCUT2D eigenvalue weighted by atomic mass is 16.7. The van der Waals surface area contributed by atoms with Crippen LogP contribution < -0.4 is 20.3 Å². The maximum absolute atomic E-state index is 12.8. The van der Waals surface area contributed by atoms with Gasteiger partial charge in [0.1, 0.15) is 5.69 Å². The maximum Gasteiger partial charge on any atom is 0.274 e. The number of carbonyl (C=O) groups excluding carboxylic acids is 1. The number of ether oxygens (including phenoxy) is 2. The Kier molecular flexibility index (Phi) is 3.95. The van der Waals surface area contributed by atoms with Gasteiger partial charge in [0, 0.05) is 31.2 Å². The summed E-state index contributed by atoms with van der Waals surface area (Å²) < 4.78 is 10.9. The van der Waals surface area contributed by atoms with E-state index in [4.69, 9.17) is 9.47 Å². The lowest BCUT2D eigenvalue weighted by Gasteiger charge is -2.36. The van der Waals surface area contributed by atoms with Crippen molar-refractivity contribution in [2.24, 2.45) is 5.92 Å². The summed E-state index contributed by atoms with van der Waals surface area (Å²) in [5.74, 6) is 1.76. The second-order valence-corrected chi connectivity index (χ2v) is 7.23. The van der Waals surface area contributed by atoms with Crippen LogP contribution in [0.25, 0.3) is 0 Å². The number of piperidine rings is 1. The minimum atomic E-state index is -0.0581. The fourth-order valence-electron chi connectivity index (χ4n) is 4.09. The van der Waals surface area contributed by atoms with Crippen LogP contribution in [0.4, 0.5) is 0 Å². The molecule has 0 saturated carbocycles. The third-order valence-electron chi connectivity index (χ3n) is 5.55. The average Bonchev–Trinajstić information content (AvgIpc) is 3.33. The molecule has 8 nitrogen and oxygen atoms in total. The zero-order chi connectivity index (χ0) is 18.4. The molecular weight excluding hydrogens is 346 g/mol. The van der Waals surface area contributed by atoms with Crippen LogP contribution >= 0.6 is 0 Å². The molecule has 27 heavy (non-hydrogen) atoms. The summed E-state index contributed by atoms with van der Waals surface area (Å²) in [7, 11) is 0. The molecule has 0 spiro atoms. The summed E-state index contributed by atoms with van der Waals surface area (Å²) in [4.78, 5) is 23.2. The van der Waals surface area contributed by atoms with E-state index < -0.39 is 0 Å². The van der Waals surface area contributed by atoms with Crippen LogP contribution in [0.15, 0.2) is 30.6 Å². The van der Waals surface area contributed by atoms with Crippen molar-refractivity contribution in [3.8, 4) is 11.5 Å². The Balaban J connectivity index is 1.36. The molecular formula is C19H21N5O3. The molecule has 1 amide bonds. The van der Waals surface area contributed by atoms with Gasteiger partial charge in [-0.05, 0) is 31.0 Å². The van der Waals surface area contributed by atoms with E-state index in [1.807, 2.05) is 24.0 Å². The van der Waals surface area contributed by atoms with E-state index in [0.29, 0.717) is 24.8 Å². The van der Waals surface area contributed by atoms with E-state index in [0.717, 1.165) is 29.2 Å². The summed E-state index contributed by atoms with van der Waals surface area (Å²) in [5.41, 5.74) is 9.13. The van der Waals surface area contributed by atoms with E-state index in [9.17, 15) is 4.79 Å². The van der Waals surface area contributed by atoms with Crippen LogP contribution in [0, 0.1) is 12.8 Å². The highest BCUT2D eigenvalue weighted by molar-refractivity contribution is 5.92. The van der Waals surface area contributed by atoms with Crippen molar-refractivity contribution in [3.05, 3.63) is 47.5 Å². The number of aromatic nitrogens is 2. The second kappa shape index (κ2) is 6.47. The number of aryl methyl sites for hydroxylation is 1. The number of hydrogen-bond acceptors (Lipinski definition) is 7. The normalized spacial score (nSPS) is 26.1. The first-order valence-corrected chi connectivity index (χ1v) is 9.17. The molecule has 4 heterocycles. The smallest absolute Gasteiger partial charge is 0.274 e. The molecule has 140 valence electrons. The van der Waals surface area contributed by atoms with Gasteiger partial charge in [-0.1, -0.05) is 6.07 Å². The van der Waals surface area contributed by atoms with Gasteiger partial charge in [0.15, 0.2) is 11.5 Å². The quantitative estimate of drug-likeness (QED) is 0.824. The van der Waals surface area contributed by atoms with Crippen LogP contribution in [0.3, 0.4) is 0 Å². The van der Waals surface area contributed by atoms with E-state index in [1.165, 1.54) is 0 Å². The number of fused-ring (bicyclic) bond motifs is 2. The van der Waals surface area contributed by atoms with Gasteiger partial charge in [0.2, 0.25) is 6.79 Å². The minimum absolute atomic E-state index is 0.0581. The first-order chi connectivity index (χ1) is 13.2. The molecule has 2 saturated heterocycles. The zero-order valence-corrected chi connectivity index (χ0v) is 15.0. The second-order valence-electron chi connectivity index (χ2n) is 7.23. The van der Waals surface area contributed by atoms with Gasteiger partial charge in [-0.25, -0.2) is 10.4 Å². The van der Waals surface area contributed by atoms with Gasteiger partial charge >= 0.3 is 0 Å². The van der Waals surface area contributed by atoms with Crippen LogP contribution in [-0.2, 0) is 0 Å². The first kappa shape index (κ1) is 16.5. The van der Waals surface area contributed by atoms with Crippen LogP contribution in [0.2, 0.25) is 0 Å². The lowest BCUT2D eigenvalue weighted by molar-refractivity contribution is 0.0646. The Labute approximate surface area is 156 Å². The predicted octanol–water partition coefficient (Wildman–Crippen LogP) is 1.19. The standard InChI is InChI=1S/C19H21N5O3/c1-11-7-21-15(8-20-11)19(25)24-5-4-14-13(9-24)18(23-22-14)12-2-3-16-17(6-12)27-10-26-16/h2-3,6-8,13-14,18,22-23H,4-5,9-10H2,1H3. The number of rotatable bonds is 2. The molecule has 5 rings (SSSR count). The van der Waals surface area contributed by atoms with E-state index in [-0.39, 0.29) is 24.7 Å². The fraction of sp³-hybridized carbons (Fsp3) is 0.421. The Bertz CT molecular complexity index is 872. The van der Waals surface area contributed by atoms with Crippen molar-refractivity contribution in [1.82, 2.24) is 25.7 Å². The van der Waals surface area contributed by atoms with E-state index in [1.54, 1.807) is 12.4 Å². The lowest BCUT2D eigenvalue weighted by Crippen LogP contribution is -2.48. The molecule has 3 aliphatic rings. The number of amides is 1. The lowest BCUT2D eigenvalue weighted by atomic mass is 9.85. The highest BCUT2D eigenvalue weighted by Crippen LogP contribution is 2.39. The number of benzene rings is 1. The number of hydrazine groups is 1. The molecule has 0 aliphatic carbocycles.